The quantitative estimate of drug-likeness (QED) is 0.409. The van der Waals surface area contributed by atoms with Crippen LogP contribution in [0.1, 0.15) is 48.5 Å². The van der Waals surface area contributed by atoms with Crippen molar-refractivity contribution in [1.29, 1.82) is 0 Å². The van der Waals surface area contributed by atoms with E-state index in [0.29, 0.717) is 12.1 Å². The number of guanidine groups is 1. The molecule has 6 heteroatoms. The van der Waals surface area contributed by atoms with Crippen LogP contribution in [-0.2, 0) is 6.54 Å². The average molecular weight is 388 g/mol. The number of unbranched alkanes of at least 4 members (excludes halogenated alkanes) is 1. The van der Waals surface area contributed by atoms with Crippen LogP contribution in [0.4, 0.5) is 0 Å². The molecular formula is C22H37N5O. The van der Waals surface area contributed by atoms with E-state index in [9.17, 15) is 4.79 Å². The van der Waals surface area contributed by atoms with Gasteiger partial charge in [-0.25, -0.2) is 0 Å². The third-order valence-electron chi connectivity index (χ3n) is 5.36. The Labute approximate surface area is 170 Å². The molecule has 1 aromatic carbocycles. The van der Waals surface area contributed by atoms with E-state index in [1.54, 1.807) is 26.0 Å². The van der Waals surface area contributed by atoms with Gasteiger partial charge in [0.1, 0.15) is 0 Å². The second-order valence-electron chi connectivity index (χ2n) is 7.98. The van der Waals surface area contributed by atoms with Crippen molar-refractivity contribution in [3.05, 3.63) is 35.4 Å². The Hall–Kier alpha value is -2.08. The third kappa shape index (κ3) is 7.50. The van der Waals surface area contributed by atoms with E-state index in [4.69, 9.17) is 0 Å². The van der Waals surface area contributed by atoms with Crippen molar-refractivity contribution in [1.82, 2.24) is 20.4 Å². The van der Waals surface area contributed by atoms with Gasteiger partial charge in [-0.3, -0.25) is 9.79 Å². The number of carbonyl (C=O) groups excluding carboxylic acids is 1. The van der Waals surface area contributed by atoms with Crippen LogP contribution in [0.25, 0.3) is 0 Å². The van der Waals surface area contributed by atoms with Crippen molar-refractivity contribution in [3.63, 3.8) is 0 Å². The predicted molar refractivity (Wildman–Crippen MR) is 117 cm³/mol. The van der Waals surface area contributed by atoms with Crippen LogP contribution in [0.15, 0.2) is 29.3 Å². The molecule has 1 fully saturated rings. The number of likely N-dealkylation sites (tertiary alicyclic amines) is 1. The zero-order valence-corrected chi connectivity index (χ0v) is 18.0. The SMILES string of the molecule is CN=C(NCCCCN1CCC(C)CC1)NCc1ccc(C(=O)N(C)C)cc1. The first-order chi connectivity index (χ1) is 13.5. The van der Waals surface area contributed by atoms with Crippen molar-refractivity contribution in [2.75, 3.05) is 47.3 Å². The maximum absolute atomic E-state index is 11.9. The molecule has 0 aliphatic carbocycles. The normalized spacial score (nSPS) is 16.1. The monoisotopic (exact) mass is 387 g/mol. The zero-order valence-electron chi connectivity index (χ0n) is 18.0. The lowest BCUT2D eigenvalue weighted by molar-refractivity contribution is 0.0827. The summed E-state index contributed by atoms with van der Waals surface area (Å²) in [6.45, 7) is 7.70. The van der Waals surface area contributed by atoms with Gasteiger partial charge in [0.15, 0.2) is 5.96 Å². The molecule has 0 bridgehead atoms. The highest BCUT2D eigenvalue weighted by atomic mass is 16.2. The Balaban J connectivity index is 1.62. The molecule has 1 aromatic rings. The maximum atomic E-state index is 11.9. The first kappa shape index (κ1) is 22.2. The van der Waals surface area contributed by atoms with Gasteiger partial charge in [-0.2, -0.15) is 0 Å². The fourth-order valence-corrected chi connectivity index (χ4v) is 3.38. The smallest absolute Gasteiger partial charge is 0.253 e. The highest BCUT2D eigenvalue weighted by Gasteiger charge is 2.14. The van der Waals surface area contributed by atoms with Crippen LogP contribution in [-0.4, -0.2) is 69.0 Å². The minimum atomic E-state index is 0.0241. The van der Waals surface area contributed by atoms with E-state index in [0.717, 1.165) is 30.4 Å². The van der Waals surface area contributed by atoms with Crippen LogP contribution in [0.5, 0.6) is 0 Å². The van der Waals surface area contributed by atoms with E-state index >= 15 is 0 Å². The van der Waals surface area contributed by atoms with Crippen LogP contribution < -0.4 is 10.6 Å². The number of benzene rings is 1. The second-order valence-corrected chi connectivity index (χ2v) is 7.98. The summed E-state index contributed by atoms with van der Waals surface area (Å²) in [5.41, 5.74) is 1.83. The Morgan fingerprint density at radius 2 is 1.82 bits per heavy atom. The molecule has 28 heavy (non-hydrogen) atoms. The summed E-state index contributed by atoms with van der Waals surface area (Å²) in [6, 6.07) is 7.71. The third-order valence-corrected chi connectivity index (χ3v) is 5.36. The van der Waals surface area contributed by atoms with Gasteiger partial charge in [0.25, 0.3) is 5.91 Å². The molecule has 1 aliphatic rings. The van der Waals surface area contributed by atoms with Crippen molar-refractivity contribution in [2.45, 2.75) is 39.2 Å². The largest absolute Gasteiger partial charge is 0.356 e. The van der Waals surface area contributed by atoms with E-state index < -0.39 is 0 Å². The van der Waals surface area contributed by atoms with Gasteiger partial charge >= 0.3 is 0 Å². The lowest BCUT2D eigenvalue weighted by Crippen LogP contribution is -2.38. The number of amides is 1. The van der Waals surface area contributed by atoms with Gasteiger partial charge in [0.2, 0.25) is 0 Å². The highest BCUT2D eigenvalue weighted by molar-refractivity contribution is 5.93. The van der Waals surface area contributed by atoms with Gasteiger partial charge in [-0.1, -0.05) is 19.1 Å². The molecule has 0 unspecified atom stereocenters. The number of hydrogen-bond donors (Lipinski definition) is 2. The molecule has 1 aliphatic heterocycles. The number of aliphatic imine (C=N–C) groups is 1. The Bertz CT molecular complexity index is 618. The van der Waals surface area contributed by atoms with Gasteiger partial charge < -0.3 is 20.4 Å². The van der Waals surface area contributed by atoms with Crippen LogP contribution >= 0.6 is 0 Å². The molecule has 0 spiro atoms. The van der Waals surface area contributed by atoms with Crippen LogP contribution in [0.3, 0.4) is 0 Å². The first-order valence-electron chi connectivity index (χ1n) is 10.5. The lowest BCUT2D eigenvalue weighted by Gasteiger charge is -2.30. The molecular weight excluding hydrogens is 350 g/mol. The molecule has 0 radical (unpaired) electrons. The summed E-state index contributed by atoms with van der Waals surface area (Å²) in [4.78, 5) is 20.4. The van der Waals surface area contributed by atoms with Crippen LogP contribution in [0.2, 0.25) is 0 Å². The first-order valence-corrected chi connectivity index (χ1v) is 10.5. The van der Waals surface area contributed by atoms with Crippen molar-refractivity contribution in [3.8, 4) is 0 Å². The minimum Gasteiger partial charge on any atom is -0.356 e. The molecule has 1 saturated heterocycles. The molecule has 0 aromatic heterocycles. The summed E-state index contributed by atoms with van der Waals surface area (Å²) < 4.78 is 0. The van der Waals surface area contributed by atoms with E-state index in [-0.39, 0.29) is 5.91 Å². The number of rotatable bonds is 8. The Kier molecular flexibility index (Phi) is 9.28. The van der Waals surface area contributed by atoms with Crippen molar-refractivity contribution < 1.29 is 4.79 Å². The fraction of sp³-hybridized carbons (Fsp3) is 0.636. The maximum Gasteiger partial charge on any atom is 0.253 e. The van der Waals surface area contributed by atoms with E-state index in [2.05, 4.69) is 27.4 Å². The van der Waals surface area contributed by atoms with Gasteiger partial charge in [-0.15, -0.1) is 0 Å². The van der Waals surface area contributed by atoms with Crippen LogP contribution in [0, 0.1) is 5.92 Å². The van der Waals surface area contributed by atoms with Crippen molar-refractivity contribution >= 4 is 11.9 Å². The summed E-state index contributed by atoms with van der Waals surface area (Å²) in [5.74, 6) is 1.74. The molecule has 6 nitrogen and oxygen atoms in total. The summed E-state index contributed by atoms with van der Waals surface area (Å²) >= 11 is 0. The zero-order chi connectivity index (χ0) is 20.4. The van der Waals surface area contributed by atoms with Gasteiger partial charge in [0.05, 0.1) is 0 Å². The number of hydrogen-bond acceptors (Lipinski definition) is 3. The molecule has 2 N–H and O–H groups in total. The van der Waals surface area contributed by atoms with Gasteiger partial charge in [0, 0.05) is 39.8 Å². The Morgan fingerprint density at radius 1 is 1.14 bits per heavy atom. The number of carbonyl (C=O) groups is 1. The topological polar surface area (TPSA) is 60.0 Å². The van der Waals surface area contributed by atoms with E-state index in [1.165, 1.54) is 38.9 Å². The number of piperidine rings is 1. The van der Waals surface area contributed by atoms with Crippen molar-refractivity contribution in [2.24, 2.45) is 10.9 Å². The number of nitrogens with zero attached hydrogens (tertiary/aromatic N) is 3. The fourth-order valence-electron chi connectivity index (χ4n) is 3.38. The predicted octanol–water partition coefficient (Wildman–Crippen LogP) is 2.57. The van der Waals surface area contributed by atoms with E-state index in [1.807, 2.05) is 24.3 Å². The second kappa shape index (κ2) is 11.7. The summed E-state index contributed by atoms with van der Waals surface area (Å²) in [7, 11) is 5.32. The molecule has 0 saturated carbocycles. The Morgan fingerprint density at radius 3 is 2.43 bits per heavy atom. The molecule has 1 heterocycles. The number of nitrogens with one attached hydrogen (secondary N) is 2. The molecule has 156 valence electrons. The molecule has 1 amide bonds. The molecule has 0 atom stereocenters. The molecule has 2 rings (SSSR count). The minimum absolute atomic E-state index is 0.0241. The summed E-state index contributed by atoms with van der Waals surface area (Å²) in [5, 5.41) is 6.72. The summed E-state index contributed by atoms with van der Waals surface area (Å²) in [6.07, 6.45) is 5.06. The average Bonchev–Trinajstić information content (AvgIpc) is 2.71. The van der Waals surface area contributed by atoms with Gasteiger partial charge in [-0.05, 0) is 68.9 Å². The lowest BCUT2D eigenvalue weighted by atomic mass is 9.99. The highest BCUT2D eigenvalue weighted by Crippen LogP contribution is 2.16. The standard InChI is InChI=1S/C22H37N5O/c1-18-11-15-27(16-12-18)14-6-5-13-24-22(23-2)25-17-19-7-9-20(10-8-19)21(28)26(3)4/h7-10,18H,5-6,11-17H2,1-4H3,(H2,23,24,25).